The Bertz CT molecular complexity index is 727. The summed E-state index contributed by atoms with van der Waals surface area (Å²) in [6.45, 7) is 0. The Labute approximate surface area is 133 Å². The fourth-order valence-corrected chi connectivity index (χ4v) is 3.88. The van der Waals surface area contributed by atoms with Gasteiger partial charge in [0.15, 0.2) is 0 Å². The van der Waals surface area contributed by atoms with E-state index in [1.165, 1.54) is 0 Å². The molecule has 0 amide bonds. The molecule has 0 saturated carbocycles. The van der Waals surface area contributed by atoms with Gasteiger partial charge in [0.25, 0.3) is 0 Å². The van der Waals surface area contributed by atoms with E-state index >= 15 is 0 Å². The minimum Gasteiger partial charge on any atom is -0.497 e. The third-order valence-electron chi connectivity index (χ3n) is 3.05. The van der Waals surface area contributed by atoms with Crippen molar-refractivity contribution in [2.45, 2.75) is 10.6 Å². The summed E-state index contributed by atoms with van der Waals surface area (Å²) in [7, 11) is 0.221. The van der Waals surface area contributed by atoms with Crippen LogP contribution in [-0.4, -0.2) is 18.4 Å². The van der Waals surface area contributed by atoms with E-state index in [-0.39, 0.29) is 5.75 Å². The minimum atomic E-state index is -2.93. The molecule has 112 valence electrons. The summed E-state index contributed by atoms with van der Waals surface area (Å²) in [5.74, 6) is 1.48. The molecule has 0 aliphatic heterocycles. The maximum absolute atomic E-state index is 12.7. The van der Waals surface area contributed by atoms with Crippen LogP contribution in [0.3, 0.4) is 0 Å². The summed E-state index contributed by atoms with van der Waals surface area (Å²) in [4.78, 5) is 0.484. The molecule has 1 N–H and O–H groups in total. The zero-order valence-electron chi connectivity index (χ0n) is 11.8. The van der Waals surface area contributed by atoms with Crippen LogP contribution in [0.15, 0.2) is 51.8 Å². The lowest BCUT2D eigenvalue weighted by molar-refractivity contribution is 0.414. The molecule has 0 aliphatic rings. The highest BCUT2D eigenvalue weighted by molar-refractivity contribution is 9.10. The molecule has 0 radical (unpaired) electrons. The van der Waals surface area contributed by atoms with Gasteiger partial charge in [-0.3, -0.25) is 0 Å². The highest BCUT2D eigenvalue weighted by atomic mass is 79.9. The van der Waals surface area contributed by atoms with Gasteiger partial charge in [-0.15, -0.1) is 0 Å². The van der Waals surface area contributed by atoms with Gasteiger partial charge in [0.2, 0.25) is 0 Å². The molecule has 0 bridgehead atoms. The van der Waals surface area contributed by atoms with Gasteiger partial charge >= 0.3 is 0 Å². The number of hydrogen-bond donors (Lipinski definition) is 1. The van der Waals surface area contributed by atoms with Gasteiger partial charge in [0.1, 0.15) is 11.5 Å². The monoisotopic (exact) mass is 369 g/mol. The molecule has 0 aromatic heterocycles. The molecule has 1 unspecified atom stereocenters. The third-order valence-corrected chi connectivity index (χ3v) is 5.58. The first-order valence-electron chi connectivity index (χ1n) is 6.19. The van der Waals surface area contributed by atoms with Gasteiger partial charge in [-0.1, -0.05) is 15.9 Å². The van der Waals surface area contributed by atoms with E-state index in [0.717, 1.165) is 10.0 Å². The van der Waals surface area contributed by atoms with E-state index in [1.54, 1.807) is 44.6 Å². The number of ether oxygens (including phenoxy) is 2. The van der Waals surface area contributed by atoms with Crippen molar-refractivity contribution in [2.75, 3.05) is 14.2 Å². The number of nitrogens with one attached hydrogen (secondary N) is 1. The Hall–Kier alpha value is -1.53. The van der Waals surface area contributed by atoms with Gasteiger partial charge in [0.05, 0.1) is 29.7 Å². The molecule has 0 spiro atoms. The fraction of sp³-hybridized carbons (Fsp3) is 0.200. The molecule has 2 rings (SSSR count). The van der Waals surface area contributed by atoms with Crippen molar-refractivity contribution in [2.24, 2.45) is 0 Å². The van der Waals surface area contributed by atoms with Crippen LogP contribution >= 0.6 is 15.9 Å². The summed E-state index contributed by atoms with van der Waals surface area (Å²) in [6.07, 6.45) is 0. The SMILES string of the molecule is COc1ccc(S(=N)(=O)Cc2cc(OC)ccc2Br)cc1. The zero-order chi connectivity index (χ0) is 15.5. The molecule has 2 aromatic rings. The Kier molecular flexibility index (Phi) is 4.90. The Morgan fingerprint density at radius 1 is 1.05 bits per heavy atom. The van der Waals surface area contributed by atoms with Gasteiger partial charge in [-0.05, 0) is 48.0 Å². The second-order valence-electron chi connectivity index (χ2n) is 4.45. The van der Waals surface area contributed by atoms with Crippen LogP contribution < -0.4 is 9.47 Å². The maximum Gasteiger partial charge on any atom is 0.119 e. The summed E-state index contributed by atoms with van der Waals surface area (Å²) < 4.78 is 31.9. The molecular weight excluding hydrogens is 354 g/mol. The molecule has 4 nitrogen and oxygen atoms in total. The van der Waals surface area contributed by atoms with Crippen molar-refractivity contribution in [3.63, 3.8) is 0 Å². The lowest BCUT2D eigenvalue weighted by Gasteiger charge is -2.11. The zero-order valence-corrected chi connectivity index (χ0v) is 14.2. The number of methoxy groups -OCH3 is 2. The smallest absolute Gasteiger partial charge is 0.119 e. The molecule has 1 atom stereocenters. The molecule has 0 aliphatic carbocycles. The maximum atomic E-state index is 12.7. The fourth-order valence-electron chi connectivity index (χ4n) is 1.89. The van der Waals surface area contributed by atoms with Crippen LogP contribution in [0.1, 0.15) is 5.56 Å². The second kappa shape index (κ2) is 6.49. The van der Waals surface area contributed by atoms with Crippen LogP contribution in [-0.2, 0) is 15.5 Å². The molecule has 0 heterocycles. The molecule has 6 heteroatoms. The van der Waals surface area contributed by atoms with Crippen LogP contribution in [0.4, 0.5) is 0 Å². The number of hydrogen-bond acceptors (Lipinski definition) is 4. The van der Waals surface area contributed by atoms with Crippen LogP contribution in [0.2, 0.25) is 0 Å². The number of halogens is 1. The molecular formula is C15H16BrNO3S. The lowest BCUT2D eigenvalue weighted by atomic mass is 10.2. The van der Waals surface area contributed by atoms with E-state index < -0.39 is 9.73 Å². The van der Waals surface area contributed by atoms with E-state index in [9.17, 15) is 4.21 Å². The third kappa shape index (κ3) is 3.77. The van der Waals surface area contributed by atoms with Crippen molar-refractivity contribution in [3.05, 3.63) is 52.5 Å². The summed E-state index contributed by atoms with van der Waals surface area (Å²) in [6, 6.07) is 12.2. The summed E-state index contributed by atoms with van der Waals surface area (Å²) >= 11 is 3.42. The second-order valence-corrected chi connectivity index (χ2v) is 7.42. The summed E-state index contributed by atoms with van der Waals surface area (Å²) in [5, 5.41) is 0. The largest absolute Gasteiger partial charge is 0.497 e. The van der Waals surface area contributed by atoms with Gasteiger partial charge in [-0.25, -0.2) is 8.99 Å². The first-order valence-corrected chi connectivity index (χ1v) is 8.71. The summed E-state index contributed by atoms with van der Waals surface area (Å²) in [5.41, 5.74) is 0.783. The molecule has 0 saturated heterocycles. The Balaban J connectivity index is 2.32. The van der Waals surface area contributed by atoms with Crippen molar-refractivity contribution in [1.82, 2.24) is 0 Å². The van der Waals surface area contributed by atoms with Crippen LogP contribution in [0.25, 0.3) is 0 Å². The average Bonchev–Trinajstić information content (AvgIpc) is 2.49. The van der Waals surface area contributed by atoms with Gasteiger partial charge < -0.3 is 9.47 Å². The quantitative estimate of drug-likeness (QED) is 0.863. The minimum absolute atomic E-state index is 0.122. The van der Waals surface area contributed by atoms with Crippen molar-refractivity contribution < 1.29 is 13.7 Å². The van der Waals surface area contributed by atoms with Crippen molar-refractivity contribution >= 4 is 25.7 Å². The molecule has 21 heavy (non-hydrogen) atoms. The van der Waals surface area contributed by atoms with E-state index in [1.807, 2.05) is 12.1 Å². The van der Waals surface area contributed by atoms with Crippen LogP contribution in [0, 0.1) is 4.78 Å². The number of benzene rings is 2. The number of rotatable bonds is 5. The highest BCUT2D eigenvalue weighted by Gasteiger charge is 2.14. The highest BCUT2D eigenvalue weighted by Crippen LogP contribution is 2.27. The van der Waals surface area contributed by atoms with E-state index in [0.29, 0.717) is 16.4 Å². The molecule has 2 aromatic carbocycles. The molecule has 0 fully saturated rings. The van der Waals surface area contributed by atoms with E-state index in [4.69, 9.17) is 14.3 Å². The predicted octanol–water partition coefficient (Wildman–Crippen LogP) is 4.07. The topological polar surface area (TPSA) is 59.4 Å². The average molecular weight is 370 g/mol. The predicted molar refractivity (Wildman–Crippen MR) is 86.5 cm³/mol. The van der Waals surface area contributed by atoms with Gasteiger partial charge in [0, 0.05) is 9.37 Å². The first kappa shape index (κ1) is 15.9. The Morgan fingerprint density at radius 3 is 2.19 bits per heavy atom. The Morgan fingerprint density at radius 2 is 1.62 bits per heavy atom. The standard InChI is InChI=1S/C15H16BrNO3S/c1-19-12-3-6-14(7-4-12)21(17,18)10-11-9-13(20-2)5-8-15(11)16/h3-9,17H,10H2,1-2H3. The normalized spacial score (nSPS) is 13.5. The van der Waals surface area contributed by atoms with Crippen LogP contribution in [0.5, 0.6) is 11.5 Å². The first-order chi connectivity index (χ1) is 9.96. The van der Waals surface area contributed by atoms with Gasteiger partial charge in [-0.2, -0.15) is 0 Å². The lowest BCUT2D eigenvalue weighted by Crippen LogP contribution is -2.04. The van der Waals surface area contributed by atoms with Crippen molar-refractivity contribution in [3.8, 4) is 11.5 Å². The van der Waals surface area contributed by atoms with E-state index in [2.05, 4.69) is 15.9 Å². The van der Waals surface area contributed by atoms with Crippen molar-refractivity contribution in [1.29, 1.82) is 4.78 Å².